The Bertz CT molecular complexity index is 89.4. The predicted molar refractivity (Wildman–Crippen MR) is 42.8 cm³/mol. The minimum atomic E-state index is -2.52. The Balaban J connectivity index is 3.21. The summed E-state index contributed by atoms with van der Waals surface area (Å²) in [6.07, 6.45) is 0. The first-order valence-corrected chi connectivity index (χ1v) is 8.29. The third-order valence-electron chi connectivity index (χ3n) is 1.19. The van der Waals surface area contributed by atoms with Crippen molar-refractivity contribution in [3.63, 3.8) is 0 Å². The van der Waals surface area contributed by atoms with Gasteiger partial charge in [0.25, 0.3) is 0 Å². The van der Waals surface area contributed by atoms with Crippen LogP contribution in [0.4, 0.5) is 12.9 Å². The fraction of sp³-hybridized carbons (Fsp3) is 1.00. The quantitative estimate of drug-likeness (QED) is 0.465. The van der Waals surface area contributed by atoms with Gasteiger partial charge in [0.05, 0.1) is 0 Å². The number of rotatable bonds is 4. The van der Waals surface area contributed by atoms with Crippen molar-refractivity contribution >= 4 is 17.9 Å². The topological polar surface area (TPSA) is 0 Å². The van der Waals surface area contributed by atoms with Gasteiger partial charge in [0.1, 0.15) is 9.52 Å². The number of alkyl halides is 2. The molecule has 0 radical (unpaired) electrons. The summed E-state index contributed by atoms with van der Waals surface area (Å²) in [6.45, 7) is 3.12. The van der Waals surface area contributed by atoms with Crippen LogP contribution in [0, 0.1) is 0 Å². The summed E-state index contributed by atoms with van der Waals surface area (Å²) < 4.78 is 35.9. The monoisotopic (exact) mass is 186 g/mol. The standard InChI is InChI=1S/C5H13F3Si2/c1-10(2,8)4-3-9-5(6)7/h5H,3-4,9H2,1-2H3. The molecule has 0 aliphatic heterocycles. The number of hydrogen-bond donors (Lipinski definition) is 0. The molecule has 0 amide bonds. The third kappa shape index (κ3) is 8.22. The van der Waals surface area contributed by atoms with E-state index in [2.05, 4.69) is 0 Å². The molecule has 0 unspecified atom stereocenters. The van der Waals surface area contributed by atoms with Gasteiger partial charge in [0, 0.05) is 0 Å². The summed E-state index contributed by atoms with van der Waals surface area (Å²) in [5.41, 5.74) is 0. The van der Waals surface area contributed by atoms with Crippen molar-refractivity contribution in [1.29, 1.82) is 0 Å². The van der Waals surface area contributed by atoms with E-state index >= 15 is 0 Å². The highest BCUT2D eigenvalue weighted by Gasteiger charge is 2.20. The molecule has 0 aromatic rings. The Morgan fingerprint density at radius 1 is 1.40 bits per heavy atom. The zero-order chi connectivity index (χ0) is 8.20. The van der Waals surface area contributed by atoms with Gasteiger partial charge in [0.2, 0.25) is 14.5 Å². The van der Waals surface area contributed by atoms with Gasteiger partial charge in [-0.25, -0.2) is 8.78 Å². The van der Waals surface area contributed by atoms with Crippen LogP contribution >= 0.6 is 0 Å². The van der Waals surface area contributed by atoms with Gasteiger partial charge < -0.3 is 4.11 Å². The zero-order valence-electron chi connectivity index (χ0n) is 6.33. The van der Waals surface area contributed by atoms with Crippen LogP contribution in [0.15, 0.2) is 0 Å². The van der Waals surface area contributed by atoms with Crippen LogP contribution in [-0.4, -0.2) is 24.0 Å². The van der Waals surface area contributed by atoms with Gasteiger partial charge in [-0.15, -0.1) is 0 Å². The maximum Gasteiger partial charge on any atom is 0.240 e. The maximum absolute atomic E-state index is 12.8. The van der Waals surface area contributed by atoms with E-state index in [-0.39, 0.29) is 0 Å². The molecule has 62 valence electrons. The third-order valence-corrected chi connectivity index (χ3v) is 4.64. The first-order chi connectivity index (χ1) is 4.42. The van der Waals surface area contributed by atoms with E-state index < -0.39 is 24.0 Å². The maximum atomic E-state index is 12.8. The molecule has 10 heavy (non-hydrogen) atoms. The van der Waals surface area contributed by atoms with E-state index in [0.717, 1.165) is 0 Å². The van der Waals surface area contributed by atoms with Crippen LogP contribution < -0.4 is 0 Å². The van der Waals surface area contributed by atoms with E-state index in [0.29, 0.717) is 12.1 Å². The van der Waals surface area contributed by atoms with Crippen molar-refractivity contribution in [2.45, 2.75) is 31.2 Å². The lowest BCUT2D eigenvalue weighted by Crippen LogP contribution is -2.19. The van der Waals surface area contributed by atoms with Gasteiger partial charge in [-0.3, -0.25) is 0 Å². The van der Waals surface area contributed by atoms with Crippen LogP contribution in [0.25, 0.3) is 0 Å². The van der Waals surface area contributed by atoms with Crippen LogP contribution in [0.2, 0.25) is 25.2 Å². The molecule has 0 saturated carbocycles. The Morgan fingerprint density at radius 3 is 2.20 bits per heavy atom. The van der Waals surface area contributed by atoms with Crippen molar-refractivity contribution in [2.24, 2.45) is 0 Å². The van der Waals surface area contributed by atoms with E-state index in [9.17, 15) is 12.9 Å². The fourth-order valence-electron chi connectivity index (χ4n) is 0.677. The number of hydrogen-bond acceptors (Lipinski definition) is 0. The highest BCUT2D eigenvalue weighted by Crippen LogP contribution is 2.13. The minimum absolute atomic E-state index is 0.420. The molecule has 0 aromatic heterocycles. The van der Waals surface area contributed by atoms with E-state index in [4.69, 9.17) is 0 Å². The van der Waals surface area contributed by atoms with Crippen molar-refractivity contribution < 1.29 is 12.9 Å². The Morgan fingerprint density at radius 2 is 1.90 bits per heavy atom. The SMILES string of the molecule is C[Si](C)(F)CC[SiH2]C(F)F. The zero-order valence-corrected chi connectivity index (χ0v) is 8.75. The molecule has 0 nitrogen and oxygen atoms in total. The molecule has 0 atom stereocenters. The predicted octanol–water partition coefficient (Wildman–Crippen LogP) is 1.97. The van der Waals surface area contributed by atoms with Crippen molar-refractivity contribution in [2.75, 3.05) is 0 Å². The lowest BCUT2D eigenvalue weighted by Gasteiger charge is -2.08. The smallest absolute Gasteiger partial charge is 0.240 e. The molecule has 0 aliphatic carbocycles. The van der Waals surface area contributed by atoms with Crippen molar-refractivity contribution in [3.05, 3.63) is 0 Å². The van der Waals surface area contributed by atoms with Crippen LogP contribution in [0.5, 0.6) is 0 Å². The minimum Gasteiger partial charge on any atom is -0.314 e. The highest BCUT2D eigenvalue weighted by molar-refractivity contribution is 6.71. The van der Waals surface area contributed by atoms with Crippen LogP contribution in [0.1, 0.15) is 0 Å². The van der Waals surface area contributed by atoms with E-state index in [1.54, 1.807) is 13.1 Å². The first kappa shape index (κ1) is 10.2. The van der Waals surface area contributed by atoms with Crippen LogP contribution in [-0.2, 0) is 0 Å². The average Bonchev–Trinajstić information content (AvgIpc) is 1.59. The molecular weight excluding hydrogens is 173 g/mol. The summed E-state index contributed by atoms with van der Waals surface area (Å²) in [6, 6.07) is -1.24. The Labute approximate surface area is 62.8 Å². The molecule has 0 rings (SSSR count). The largest absolute Gasteiger partial charge is 0.314 e. The Kier molecular flexibility index (Phi) is 4.27. The molecule has 0 heterocycles. The van der Waals surface area contributed by atoms with Crippen molar-refractivity contribution in [3.8, 4) is 0 Å². The molecule has 5 heteroatoms. The second kappa shape index (κ2) is 4.17. The normalized spacial score (nSPS) is 13.8. The summed E-state index contributed by atoms with van der Waals surface area (Å²) in [7, 11) is -3.80. The van der Waals surface area contributed by atoms with Gasteiger partial charge in [0.15, 0.2) is 0 Å². The molecule has 0 aromatic carbocycles. The van der Waals surface area contributed by atoms with Crippen molar-refractivity contribution in [1.82, 2.24) is 0 Å². The molecular formula is C5H13F3Si2. The van der Waals surface area contributed by atoms with Gasteiger partial charge in [-0.05, 0) is 19.1 Å². The molecule has 0 spiro atoms. The second-order valence-corrected chi connectivity index (χ2v) is 8.84. The molecule has 0 N–H and O–H groups in total. The summed E-state index contributed by atoms with van der Waals surface area (Å²) >= 11 is 0. The number of halogens is 3. The lowest BCUT2D eigenvalue weighted by atomic mass is 10.9. The Hall–Kier alpha value is 0.224. The highest BCUT2D eigenvalue weighted by atomic mass is 28.4. The molecule has 0 fully saturated rings. The van der Waals surface area contributed by atoms with Crippen LogP contribution in [0.3, 0.4) is 0 Å². The average molecular weight is 186 g/mol. The molecule has 0 saturated heterocycles. The van der Waals surface area contributed by atoms with Gasteiger partial charge in [-0.1, -0.05) is 6.04 Å². The second-order valence-electron chi connectivity index (χ2n) is 3.00. The van der Waals surface area contributed by atoms with Gasteiger partial charge >= 0.3 is 0 Å². The summed E-state index contributed by atoms with van der Waals surface area (Å²) in [5, 5.41) is 0. The fourth-order valence-corrected chi connectivity index (χ4v) is 5.16. The van der Waals surface area contributed by atoms with Gasteiger partial charge in [-0.2, -0.15) is 0 Å². The van der Waals surface area contributed by atoms with E-state index in [1.165, 1.54) is 0 Å². The summed E-state index contributed by atoms with van der Waals surface area (Å²) in [5.74, 6) is 0. The first-order valence-electron chi connectivity index (χ1n) is 3.39. The van der Waals surface area contributed by atoms with E-state index in [1.807, 2.05) is 0 Å². The molecule has 0 aliphatic rings. The summed E-state index contributed by atoms with van der Waals surface area (Å²) in [4.78, 5) is 0. The lowest BCUT2D eigenvalue weighted by molar-refractivity contribution is 0.238. The molecule has 0 bridgehead atoms.